The number of fused-ring (bicyclic) bond motifs is 1. The first-order valence-electron chi connectivity index (χ1n) is 10.8. The highest BCUT2D eigenvalue weighted by Gasteiger charge is 2.15. The lowest BCUT2D eigenvalue weighted by Crippen LogP contribution is -2.00. The fraction of sp³-hybridized carbons (Fsp3) is 0.200. The molecule has 1 N–H and O–H groups in total. The summed E-state index contributed by atoms with van der Waals surface area (Å²) in [6.07, 6.45) is 9.29. The predicted molar refractivity (Wildman–Crippen MR) is 129 cm³/mol. The van der Waals surface area contributed by atoms with Gasteiger partial charge in [-0.25, -0.2) is 4.98 Å². The third-order valence-corrected chi connectivity index (χ3v) is 5.57. The Hall–Kier alpha value is -4.20. The minimum Gasteiger partial charge on any atom is -0.323 e. The Morgan fingerprint density at radius 3 is 2.64 bits per heavy atom. The van der Waals surface area contributed by atoms with Crippen molar-refractivity contribution in [3.05, 3.63) is 72.4 Å². The minimum atomic E-state index is 0.370. The van der Waals surface area contributed by atoms with Gasteiger partial charge in [0, 0.05) is 48.5 Å². The zero-order valence-corrected chi connectivity index (χ0v) is 19.0. The van der Waals surface area contributed by atoms with E-state index in [2.05, 4.69) is 46.3 Å². The maximum Gasteiger partial charge on any atom is 0.154 e. The molecule has 0 fully saturated rings. The molecule has 0 spiro atoms. The van der Waals surface area contributed by atoms with Crippen LogP contribution in [0.5, 0.6) is 0 Å². The maximum absolute atomic E-state index is 4.78. The predicted octanol–water partition coefficient (Wildman–Crippen LogP) is 5.06. The molecule has 164 valence electrons. The van der Waals surface area contributed by atoms with E-state index in [-0.39, 0.29) is 0 Å². The molecule has 0 atom stereocenters. The van der Waals surface area contributed by atoms with Gasteiger partial charge in [0.05, 0.1) is 17.2 Å². The first kappa shape index (κ1) is 20.7. The van der Waals surface area contributed by atoms with Gasteiger partial charge in [-0.05, 0) is 54.3 Å². The zero-order valence-electron chi connectivity index (χ0n) is 19.0. The number of hydrogen-bond acceptors (Lipinski definition) is 7. The van der Waals surface area contributed by atoms with E-state index in [1.807, 2.05) is 60.7 Å². The third kappa shape index (κ3) is 4.15. The number of nitrogens with one attached hydrogen (secondary N) is 1. The average Bonchev–Trinajstić information content (AvgIpc) is 3.20. The summed E-state index contributed by atoms with van der Waals surface area (Å²) in [5, 5.41) is 16.2. The summed E-state index contributed by atoms with van der Waals surface area (Å²) in [5.74, 6) is 1.72. The molecule has 0 bridgehead atoms. The molecule has 0 saturated carbocycles. The lowest BCUT2D eigenvalue weighted by Gasteiger charge is -2.09. The maximum atomic E-state index is 4.78. The van der Waals surface area contributed by atoms with Crippen molar-refractivity contribution in [2.45, 2.75) is 26.7 Å². The second kappa shape index (κ2) is 8.38. The molecule has 8 heteroatoms. The van der Waals surface area contributed by atoms with Crippen LogP contribution in [0.3, 0.4) is 0 Å². The highest BCUT2D eigenvalue weighted by molar-refractivity contribution is 5.87. The van der Waals surface area contributed by atoms with Crippen molar-refractivity contribution in [3.63, 3.8) is 0 Å². The molecule has 0 aliphatic heterocycles. The third-order valence-electron chi connectivity index (χ3n) is 5.57. The molecule has 5 heterocycles. The Morgan fingerprint density at radius 1 is 0.939 bits per heavy atom. The lowest BCUT2D eigenvalue weighted by molar-refractivity contribution is 0.770. The van der Waals surface area contributed by atoms with E-state index >= 15 is 0 Å². The van der Waals surface area contributed by atoms with Crippen LogP contribution >= 0.6 is 0 Å². The molecule has 0 saturated heterocycles. The summed E-state index contributed by atoms with van der Waals surface area (Å²) in [6.45, 7) is 6.31. The second-order valence-corrected chi connectivity index (χ2v) is 8.37. The molecule has 33 heavy (non-hydrogen) atoms. The molecule has 0 amide bonds. The summed E-state index contributed by atoms with van der Waals surface area (Å²) in [5.41, 5.74) is 7.64. The molecule has 0 aliphatic carbocycles. The lowest BCUT2D eigenvalue weighted by atomic mass is 10.0. The highest BCUT2D eigenvalue weighted by Crippen LogP contribution is 2.33. The van der Waals surface area contributed by atoms with Crippen LogP contribution in [0.15, 0.2) is 61.3 Å². The molecular weight excluding hydrogens is 412 g/mol. The van der Waals surface area contributed by atoms with Crippen LogP contribution in [-0.2, 0) is 7.05 Å². The average molecular weight is 437 g/mol. The highest BCUT2D eigenvalue weighted by atomic mass is 15.3. The second-order valence-electron chi connectivity index (χ2n) is 8.37. The van der Waals surface area contributed by atoms with Gasteiger partial charge in [0.25, 0.3) is 0 Å². The van der Waals surface area contributed by atoms with Crippen molar-refractivity contribution in [1.29, 1.82) is 0 Å². The van der Waals surface area contributed by atoms with Crippen molar-refractivity contribution in [1.82, 2.24) is 34.9 Å². The van der Waals surface area contributed by atoms with Crippen LogP contribution in [-0.4, -0.2) is 34.9 Å². The van der Waals surface area contributed by atoms with Gasteiger partial charge in [-0.2, -0.15) is 10.2 Å². The van der Waals surface area contributed by atoms with E-state index in [9.17, 15) is 0 Å². The first-order valence-corrected chi connectivity index (χ1v) is 10.8. The van der Waals surface area contributed by atoms with E-state index in [0.29, 0.717) is 17.6 Å². The first-order chi connectivity index (χ1) is 16.0. The van der Waals surface area contributed by atoms with Gasteiger partial charge in [0.15, 0.2) is 5.82 Å². The van der Waals surface area contributed by atoms with Crippen molar-refractivity contribution in [3.8, 4) is 22.4 Å². The van der Waals surface area contributed by atoms with Crippen LogP contribution in [0.2, 0.25) is 0 Å². The van der Waals surface area contributed by atoms with Crippen LogP contribution in [0, 0.1) is 6.92 Å². The number of pyridine rings is 3. The summed E-state index contributed by atoms with van der Waals surface area (Å²) in [6, 6.07) is 9.87. The summed E-state index contributed by atoms with van der Waals surface area (Å²) in [7, 11) is 1.92. The van der Waals surface area contributed by atoms with Gasteiger partial charge in [-0.3, -0.25) is 14.6 Å². The van der Waals surface area contributed by atoms with Gasteiger partial charge in [-0.1, -0.05) is 13.8 Å². The molecular formula is C25H24N8. The Morgan fingerprint density at radius 2 is 1.82 bits per heavy atom. The molecule has 0 radical (unpaired) electrons. The van der Waals surface area contributed by atoms with Crippen LogP contribution in [0.4, 0.5) is 11.6 Å². The van der Waals surface area contributed by atoms with Crippen molar-refractivity contribution >= 4 is 22.7 Å². The summed E-state index contributed by atoms with van der Waals surface area (Å²) in [4.78, 5) is 13.7. The summed E-state index contributed by atoms with van der Waals surface area (Å²) >= 11 is 0. The molecule has 5 rings (SSSR count). The molecule has 8 nitrogen and oxygen atoms in total. The van der Waals surface area contributed by atoms with Gasteiger partial charge in [0.2, 0.25) is 0 Å². The van der Waals surface area contributed by atoms with Crippen molar-refractivity contribution < 1.29 is 0 Å². The Kier molecular flexibility index (Phi) is 5.26. The SMILES string of the molecule is Cc1ccncc1-c1nn(C)cc1-c1cnc2ccc(Nc3cc(C(C)C)cnn3)nc2c1. The summed E-state index contributed by atoms with van der Waals surface area (Å²) < 4.78 is 1.81. The van der Waals surface area contributed by atoms with Gasteiger partial charge in [0.1, 0.15) is 11.5 Å². The molecule has 0 aliphatic rings. The molecule has 0 aromatic carbocycles. The number of nitrogens with zero attached hydrogens (tertiary/aromatic N) is 7. The fourth-order valence-electron chi connectivity index (χ4n) is 3.72. The molecule has 5 aromatic rings. The number of hydrogen-bond donors (Lipinski definition) is 1. The smallest absolute Gasteiger partial charge is 0.154 e. The van der Waals surface area contributed by atoms with Crippen LogP contribution in [0.25, 0.3) is 33.4 Å². The Labute approximate surface area is 191 Å². The topological polar surface area (TPSA) is 94.3 Å². The van der Waals surface area contributed by atoms with Gasteiger partial charge >= 0.3 is 0 Å². The minimum absolute atomic E-state index is 0.370. The van der Waals surface area contributed by atoms with E-state index in [4.69, 9.17) is 10.1 Å². The number of anilines is 2. The normalized spacial score (nSPS) is 11.3. The molecule has 0 unspecified atom stereocenters. The number of aromatic nitrogens is 7. The standard InChI is InChI=1S/C25H24N8/c1-15(2)17-10-24(31-28-12-17)30-23-6-5-21-22(29-23)9-18(11-27-21)20-14-33(4)32-25(20)19-13-26-8-7-16(19)3/h5-15H,1-4H3,(H,29,30,31). The van der Waals surface area contributed by atoms with Gasteiger partial charge in [-0.15, -0.1) is 5.10 Å². The Balaban J connectivity index is 1.53. The number of aryl methyl sites for hydroxylation is 2. The Bertz CT molecular complexity index is 1450. The van der Waals surface area contributed by atoms with Crippen LogP contribution < -0.4 is 5.32 Å². The van der Waals surface area contributed by atoms with Gasteiger partial charge < -0.3 is 5.32 Å². The van der Waals surface area contributed by atoms with E-state index in [1.165, 1.54) is 0 Å². The van der Waals surface area contributed by atoms with Crippen molar-refractivity contribution in [2.75, 3.05) is 5.32 Å². The van der Waals surface area contributed by atoms with Crippen molar-refractivity contribution in [2.24, 2.45) is 7.05 Å². The van der Waals surface area contributed by atoms with E-state index in [0.717, 1.165) is 44.5 Å². The quantitative estimate of drug-likeness (QED) is 0.411. The number of rotatable bonds is 5. The fourth-order valence-corrected chi connectivity index (χ4v) is 3.72. The van der Waals surface area contributed by atoms with E-state index < -0.39 is 0 Å². The zero-order chi connectivity index (χ0) is 22.9. The van der Waals surface area contributed by atoms with E-state index in [1.54, 1.807) is 12.4 Å². The molecule has 5 aromatic heterocycles. The largest absolute Gasteiger partial charge is 0.323 e. The monoisotopic (exact) mass is 436 g/mol. The van der Waals surface area contributed by atoms with Crippen LogP contribution in [0.1, 0.15) is 30.9 Å².